The summed E-state index contributed by atoms with van der Waals surface area (Å²) >= 11 is 1.65. The van der Waals surface area contributed by atoms with Gasteiger partial charge in [0.05, 0.1) is 12.6 Å². The third kappa shape index (κ3) is 2.94. The molecule has 24 heavy (non-hydrogen) atoms. The number of carbonyl (C=O) groups is 1. The number of aryl methyl sites for hydroxylation is 1. The number of piperidine rings is 1. The van der Waals surface area contributed by atoms with Crippen molar-refractivity contribution in [3.8, 4) is 0 Å². The van der Waals surface area contributed by atoms with E-state index in [4.69, 9.17) is 4.98 Å². The maximum Gasteiger partial charge on any atom is 0.227 e. The van der Waals surface area contributed by atoms with E-state index >= 15 is 0 Å². The van der Waals surface area contributed by atoms with E-state index in [1.807, 2.05) is 35.7 Å². The van der Waals surface area contributed by atoms with Crippen molar-refractivity contribution in [1.82, 2.24) is 19.7 Å². The van der Waals surface area contributed by atoms with E-state index < -0.39 is 0 Å². The van der Waals surface area contributed by atoms with Gasteiger partial charge in [0.1, 0.15) is 0 Å². The van der Waals surface area contributed by atoms with Gasteiger partial charge in [-0.15, -0.1) is 11.3 Å². The molecule has 3 aromatic heterocycles. The predicted octanol–water partition coefficient (Wildman–Crippen LogP) is 2.98. The van der Waals surface area contributed by atoms with Gasteiger partial charge in [-0.25, -0.2) is 4.98 Å². The maximum atomic E-state index is 12.6. The second-order valence-corrected chi connectivity index (χ2v) is 7.38. The summed E-state index contributed by atoms with van der Waals surface area (Å²) in [4.78, 5) is 20.5. The lowest BCUT2D eigenvalue weighted by Crippen LogP contribution is -2.40. The van der Waals surface area contributed by atoms with E-state index in [-0.39, 0.29) is 5.91 Å². The Labute approximate surface area is 144 Å². The highest BCUT2D eigenvalue weighted by molar-refractivity contribution is 7.10. The molecule has 1 amide bonds. The van der Waals surface area contributed by atoms with Crippen molar-refractivity contribution >= 4 is 28.3 Å². The van der Waals surface area contributed by atoms with E-state index in [0.717, 1.165) is 47.5 Å². The molecule has 5 nitrogen and oxygen atoms in total. The van der Waals surface area contributed by atoms with E-state index in [2.05, 4.69) is 17.2 Å². The first kappa shape index (κ1) is 15.3. The number of aromatic nitrogens is 3. The van der Waals surface area contributed by atoms with Gasteiger partial charge in [-0.1, -0.05) is 6.07 Å². The molecule has 1 fully saturated rings. The standard InChI is InChI=1S/C18H20N4OS/c1-21-18-13(11-19-21)6-7-16(20-18)14-4-2-8-22(12-14)17(23)10-15-5-3-9-24-15/h3,5-7,9,11,14H,2,4,8,10,12H2,1H3/t14-/m0/s1. The summed E-state index contributed by atoms with van der Waals surface area (Å²) in [5, 5.41) is 7.34. The lowest BCUT2D eigenvalue weighted by Gasteiger charge is -2.32. The van der Waals surface area contributed by atoms with Crippen molar-refractivity contribution in [2.45, 2.75) is 25.2 Å². The van der Waals surface area contributed by atoms with Gasteiger partial charge in [0.2, 0.25) is 5.91 Å². The Hall–Kier alpha value is -2.21. The molecule has 4 heterocycles. The van der Waals surface area contributed by atoms with Crippen molar-refractivity contribution in [3.63, 3.8) is 0 Å². The second-order valence-electron chi connectivity index (χ2n) is 6.35. The number of carbonyl (C=O) groups excluding carboxylic acids is 1. The van der Waals surface area contributed by atoms with Crippen molar-refractivity contribution in [2.24, 2.45) is 7.05 Å². The monoisotopic (exact) mass is 340 g/mol. The number of hydrogen-bond donors (Lipinski definition) is 0. The summed E-state index contributed by atoms with van der Waals surface area (Å²) in [5.74, 6) is 0.536. The SMILES string of the molecule is Cn1ncc2ccc([C@H]3CCCN(C(=O)Cc4cccs4)C3)nc21. The average molecular weight is 340 g/mol. The fraction of sp³-hybridized carbons (Fsp3) is 0.389. The molecule has 0 bridgehead atoms. The van der Waals surface area contributed by atoms with Crippen LogP contribution in [0.2, 0.25) is 0 Å². The molecule has 1 saturated heterocycles. The number of fused-ring (bicyclic) bond motifs is 1. The summed E-state index contributed by atoms with van der Waals surface area (Å²) in [6.07, 6.45) is 4.47. The van der Waals surface area contributed by atoms with Crippen LogP contribution in [0.15, 0.2) is 35.8 Å². The maximum absolute atomic E-state index is 12.6. The van der Waals surface area contributed by atoms with Gasteiger partial charge in [-0.3, -0.25) is 9.48 Å². The first-order valence-corrected chi connectivity index (χ1v) is 9.17. The molecular weight excluding hydrogens is 320 g/mol. The van der Waals surface area contributed by atoms with Crippen LogP contribution in [0.4, 0.5) is 0 Å². The van der Waals surface area contributed by atoms with Gasteiger partial charge in [0, 0.05) is 42.0 Å². The van der Waals surface area contributed by atoms with Crippen molar-refractivity contribution < 1.29 is 4.79 Å². The largest absolute Gasteiger partial charge is 0.342 e. The first-order chi connectivity index (χ1) is 11.7. The van der Waals surface area contributed by atoms with E-state index in [9.17, 15) is 4.79 Å². The summed E-state index contributed by atoms with van der Waals surface area (Å²) in [6, 6.07) is 8.19. The van der Waals surface area contributed by atoms with Gasteiger partial charge in [0.25, 0.3) is 0 Å². The molecule has 1 atom stereocenters. The molecule has 1 aliphatic rings. The predicted molar refractivity (Wildman–Crippen MR) is 95.1 cm³/mol. The fourth-order valence-electron chi connectivity index (χ4n) is 3.38. The topological polar surface area (TPSA) is 51.0 Å². The fourth-order valence-corrected chi connectivity index (χ4v) is 4.08. The number of nitrogens with zero attached hydrogens (tertiary/aromatic N) is 4. The third-order valence-electron chi connectivity index (χ3n) is 4.70. The number of hydrogen-bond acceptors (Lipinski definition) is 4. The van der Waals surface area contributed by atoms with Gasteiger partial charge < -0.3 is 4.90 Å². The molecule has 0 spiro atoms. The van der Waals surface area contributed by atoms with Crippen LogP contribution >= 0.6 is 11.3 Å². The van der Waals surface area contributed by atoms with Crippen LogP contribution in [0, 0.1) is 0 Å². The van der Waals surface area contributed by atoms with Crippen LogP contribution in [0.3, 0.4) is 0 Å². The number of rotatable bonds is 3. The van der Waals surface area contributed by atoms with Crippen LogP contribution in [0.25, 0.3) is 11.0 Å². The molecular formula is C18H20N4OS. The Morgan fingerprint density at radius 3 is 3.12 bits per heavy atom. The summed E-state index contributed by atoms with van der Waals surface area (Å²) in [6.45, 7) is 1.62. The Kier molecular flexibility index (Phi) is 4.06. The van der Waals surface area contributed by atoms with Crippen LogP contribution in [-0.2, 0) is 18.3 Å². The van der Waals surface area contributed by atoms with Crippen molar-refractivity contribution in [1.29, 1.82) is 0 Å². The van der Waals surface area contributed by atoms with Crippen molar-refractivity contribution in [2.75, 3.05) is 13.1 Å². The molecule has 3 aromatic rings. The highest BCUT2D eigenvalue weighted by atomic mass is 32.1. The van der Waals surface area contributed by atoms with Gasteiger partial charge in [-0.05, 0) is 36.4 Å². The summed E-state index contributed by atoms with van der Waals surface area (Å²) in [5.41, 5.74) is 1.98. The molecule has 6 heteroatoms. The quantitative estimate of drug-likeness (QED) is 0.736. The summed E-state index contributed by atoms with van der Waals surface area (Å²) < 4.78 is 1.81. The highest BCUT2D eigenvalue weighted by Gasteiger charge is 2.26. The van der Waals surface area contributed by atoms with E-state index in [1.165, 1.54) is 0 Å². The van der Waals surface area contributed by atoms with Crippen LogP contribution in [0.5, 0.6) is 0 Å². The number of amides is 1. The minimum Gasteiger partial charge on any atom is -0.342 e. The number of thiophene rings is 1. The zero-order chi connectivity index (χ0) is 16.5. The van der Waals surface area contributed by atoms with E-state index in [0.29, 0.717) is 12.3 Å². The molecule has 0 unspecified atom stereocenters. The normalized spacial score (nSPS) is 18.2. The summed E-state index contributed by atoms with van der Waals surface area (Å²) in [7, 11) is 1.91. The lowest BCUT2D eigenvalue weighted by molar-refractivity contribution is -0.131. The highest BCUT2D eigenvalue weighted by Crippen LogP contribution is 2.27. The molecule has 0 aromatic carbocycles. The third-order valence-corrected chi connectivity index (χ3v) is 5.58. The average Bonchev–Trinajstić information content (AvgIpc) is 3.25. The molecule has 0 aliphatic carbocycles. The molecule has 0 saturated carbocycles. The molecule has 1 aliphatic heterocycles. The first-order valence-electron chi connectivity index (χ1n) is 8.29. The Morgan fingerprint density at radius 2 is 2.29 bits per heavy atom. The van der Waals surface area contributed by atoms with Crippen molar-refractivity contribution in [3.05, 3.63) is 46.4 Å². The molecule has 0 N–H and O–H groups in total. The smallest absolute Gasteiger partial charge is 0.227 e. The van der Waals surface area contributed by atoms with Crippen LogP contribution < -0.4 is 0 Å². The Morgan fingerprint density at radius 1 is 1.38 bits per heavy atom. The lowest BCUT2D eigenvalue weighted by atomic mass is 9.94. The minimum atomic E-state index is 0.226. The minimum absolute atomic E-state index is 0.226. The molecule has 124 valence electrons. The number of likely N-dealkylation sites (tertiary alicyclic amines) is 1. The zero-order valence-electron chi connectivity index (χ0n) is 13.7. The van der Waals surface area contributed by atoms with Crippen LogP contribution in [0.1, 0.15) is 29.3 Å². The van der Waals surface area contributed by atoms with Gasteiger partial charge in [0.15, 0.2) is 5.65 Å². The molecule has 4 rings (SSSR count). The van der Waals surface area contributed by atoms with Gasteiger partial charge in [-0.2, -0.15) is 5.10 Å². The van der Waals surface area contributed by atoms with E-state index in [1.54, 1.807) is 16.0 Å². The Balaban J connectivity index is 1.51. The zero-order valence-corrected chi connectivity index (χ0v) is 14.5. The second kappa shape index (κ2) is 6.36. The van der Waals surface area contributed by atoms with Gasteiger partial charge >= 0.3 is 0 Å². The van der Waals surface area contributed by atoms with Crippen LogP contribution in [-0.4, -0.2) is 38.7 Å². The number of pyridine rings is 1. The Bertz CT molecular complexity index is 855. The molecule has 0 radical (unpaired) electrons.